The van der Waals surface area contributed by atoms with Gasteiger partial charge in [0.1, 0.15) is 0 Å². The molecule has 2 aromatic carbocycles. The number of nitriles is 1. The second-order valence-corrected chi connectivity index (χ2v) is 10.8. The van der Waals surface area contributed by atoms with Crippen LogP contribution in [0.2, 0.25) is 0 Å². The summed E-state index contributed by atoms with van der Waals surface area (Å²) in [4.78, 5) is 34.9. The number of aromatic nitrogens is 1. The molecule has 3 aromatic rings. The summed E-state index contributed by atoms with van der Waals surface area (Å²) in [5.41, 5.74) is 5.40. The molecule has 0 radical (unpaired) electrons. The number of hydrogen-bond acceptors (Lipinski definition) is 7. The fourth-order valence-electron chi connectivity index (χ4n) is 5.31. The van der Waals surface area contributed by atoms with Crippen LogP contribution in [-0.4, -0.2) is 74.7 Å². The topological polar surface area (TPSA) is 111 Å². The molecule has 0 atom stereocenters. The van der Waals surface area contributed by atoms with Gasteiger partial charge in [0.15, 0.2) is 0 Å². The zero-order chi connectivity index (χ0) is 28.8. The molecule has 2 saturated heterocycles. The molecule has 9 heteroatoms. The van der Waals surface area contributed by atoms with Crippen LogP contribution in [0.3, 0.4) is 0 Å². The molecule has 2 aliphatic heterocycles. The number of carbonyl (C=O) groups excluding carboxylic acids is 2. The minimum absolute atomic E-state index is 0.0672. The van der Waals surface area contributed by atoms with Gasteiger partial charge in [0.25, 0.3) is 11.8 Å². The molecule has 2 amide bonds. The Morgan fingerprint density at radius 3 is 2.44 bits per heavy atom. The number of nitrogens with zero attached hydrogens (tertiary/aromatic N) is 4. The monoisotopic (exact) mass is 552 g/mol. The van der Waals surface area contributed by atoms with Gasteiger partial charge in [-0.15, -0.1) is 0 Å². The number of aryl methyl sites for hydroxylation is 1. The van der Waals surface area contributed by atoms with Gasteiger partial charge in [-0.2, -0.15) is 5.26 Å². The van der Waals surface area contributed by atoms with Gasteiger partial charge in [-0.25, -0.2) is 0 Å². The summed E-state index contributed by atoms with van der Waals surface area (Å²) >= 11 is 0. The number of nitrogens with one attached hydrogen (secondary N) is 2. The minimum atomic E-state index is -0.315. The quantitative estimate of drug-likeness (QED) is 0.454. The van der Waals surface area contributed by atoms with E-state index >= 15 is 0 Å². The fourth-order valence-corrected chi connectivity index (χ4v) is 5.31. The highest BCUT2D eigenvalue weighted by atomic mass is 16.5. The number of rotatable bonds is 7. The second-order valence-electron chi connectivity index (χ2n) is 10.8. The van der Waals surface area contributed by atoms with Gasteiger partial charge >= 0.3 is 0 Å². The first-order chi connectivity index (χ1) is 19.9. The maximum absolute atomic E-state index is 13.2. The van der Waals surface area contributed by atoms with Crippen LogP contribution >= 0.6 is 0 Å². The molecule has 3 heterocycles. The van der Waals surface area contributed by atoms with E-state index in [1.165, 1.54) is 0 Å². The smallest absolute Gasteiger partial charge is 0.255 e. The largest absolute Gasteiger partial charge is 0.378 e. The van der Waals surface area contributed by atoms with Gasteiger partial charge in [-0.05, 0) is 87.8 Å². The summed E-state index contributed by atoms with van der Waals surface area (Å²) in [5.74, 6) is 0.140. The van der Waals surface area contributed by atoms with E-state index in [9.17, 15) is 14.9 Å². The summed E-state index contributed by atoms with van der Waals surface area (Å²) in [5, 5.41) is 15.6. The third-order valence-corrected chi connectivity index (χ3v) is 7.88. The average molecular weight is 553 g/mol. The lowest BCUT2D eigenvalue weighted by Crippen LogP contribution is -2.36. The van der Waals surface area contributed by atoms with Crippen LogP contribution in [0.4, 0.5) is 11.4 Å². The molecule has 2 fully saturated rings. The molecule has 0 saturated carbocycles. The molecular weight excluding hydrogens is 516 g/mol. The molecule has 0 spiro atoms. The van der Waals surface area contributed by atoms with E-state index in [0.717, 1.165) is 48.4 Å². The number of ether oxygens (including phenoxy) is 1. The van der Waals surface area contributed by atoms with Crippen LogP contribution in [0.1, 0.15) is 44.8 Å². The van der Waals surface area contributed by atoms with Crippen molar-refractivity contribution in [3.05, 3.63) is 77.1 Å². The third-order valence-electron chi connectivity index (χ3n) is 7.88. The van der Waals surface area contributed by atoms with Crippen molar-refractivity contribution in [3.63, 3.8) is 0 Å². The first-order valence-electron chi connectivity index (χ1n) is 14.1. The van der Waals surface area contributed by atoms with Gasteiger partial charge < -0.3 is 25.2 Å². The van der Waals surface area contributed by atoms with Crippen LogP contribution in [0.15, 0.2) is 54.7 Å². The third kappa shape index (κ3) is 7.09. The summed E-state index contributed by atoms with van der Waals surface area (Å²) in [6, 6.07) is 16.7. The molecule has 0 aliphatic carbocycles. The van der Waals surface area contributed by atoms with Crippen LogP contribution in [0, 0.1) is 24.2 Å². The van der Waals surface area contributed by atoms with E-state index in [1.54, 1.807) is 24.4 Å². The molecule has 41 heavy (non-hydrogen) atoms. The predicted octanol–water partition coefficient (Wildman–Crippen LogP) is 4.09. The lowest BCUT2D eigenvalue weighted by molar-refractivity contribution is 0.0938. The molecule has 0 unspecified atom stereocenters. The molecule has 212 valence electrons. The van der Waals surface area contributed by atoms with E-state index < -0.39 is 0 Å². The van der Waals surface area contributed by atoms with Crippen molar-refractivity contribution in [2.24, 2.45) is 5.92 Å². The highest BCUT2D eigenvalue weighted by Crippen LogP contribution is 2.27. The highest BCUT2D eigenvalue weighted by molar-refractivity contribution is 6.05. The number of likely N-dealkylation sites (tertiary alicyclic amines) is 1. The average Bonchev–Trinajstić information content (AvgIpc) is 3.01. The van der Waals surface area contributed by atoms with E-state index in [2.05, 4.69) is 38.5 Å². The molecule has 2 N–H and O–H groups in total. The zero-order valence-corrected chi connectivity index (χ0v) is 23.7. The van der Waals surface area contributed by atoms with Crippen molar-refractivity contribution in [1.82, 2.24) is 15.2 Å². The normalized spacial score (nSPS) is 16.2. The van der Waals surface area contributed by atoms with Gasteiger partial charge in [0, 0.05) is 47.7 Å². The Kier molecular flexibility index (Phi) is 8.92. The van der Waals surface area contributed by atoms with Crippen LogP contribution in [0.5, 0.6) is 0 Å². The maximum atomic E-state index is 13.2. The maximum Gasteiger partial charge on any atom is 0.255 e. The Morgan fingerprint density at radius 2 is 1.73 bits per heavy atom. The number of hydrogen-bond donors (Lipinski definition) is 2. The summed E-state index contributed by atoms with van der Waals surface area (Å²) in [6.45, 7) is 7.40. The van der Waals surface area contributed by atoms with Crippen LogP contribution < -0.4 is 15.5 Å². The first kappa shape index (κ1) is 28.3. The van der Waals surface area contributed by atoms with Crippen LogP contribution in [-0.2, 0) is 4.74 Å². The Bertz CT molecular complexity index is 1430. The van der Waals surface area contributed by atoms with Gasteiger partial charge in [0.2, 0.25) is 0 Å². The van der Waals surface area contributed by atoms with E-state index in [-0.39, 0.29) is 11.8 Å². The van der Waals surface area contributed by atoms with E-state index in [0.29, 0.717) is 61.1 Å². The number of anilines is 2. The first-order valence-corrected chi connectivity index (χ1v) is 14.1. The number of benzene rings is 2. The molecule has 0 bridgehead atoms. The van der Waals surface area contributed by atoms with Crippen molar-refractivity contribution < 1.29 is 14.3 Å². The lowest BCUT2D eigenvalue weighted by atomic mass is 9.97. The van der Waals surface area contributed by atoms with Crippen molar-refractivity contribution in [2.45, 2.75) is 19.8 Å². The highest BCUT2D eigenvalue weighted by Gasteiger charge is 2.19. The second kappa shape index (κ2) is 12.9. The van der Waals surface area contributed by atoms with Crippen molar-refractivity contribution in [2.75, 3.05) is 63.2 Å². The Morgan fingerprint density at radius 1 is 1.00 bits per heavy atom. The standard InChI is InChI=1S/C32H36N6O3/c1-22-30(25-3-5-26(6-4-25)31(39)35-20-23-7-9-37(2)10-8-23)18-28(21-34-22)36-32(40)27-15-24(19-33)16-29(17-27)38-11-13-41-14-12-38/h3-6,15-18,21,23H,7-14,20H2,1-2H3,(H,35,39)(H,36,40). The van der Waals surface area contributed by atoms with Crippen molar-refractivity contribution >= 4 is 23.2 Å². The zero-order valence-electron chi connectivity index (χ0n) is 23.7. The van der Waals surface area contributed by atoms with Gasteiger partial charge in [0.05, 0.1) is 36.7 Å². The minimum Gasteiger partial charge on any atom is -0.378 e. The number of pyridine rings is 1. The lowest BCUT2D eigenvalue weighted by Gasteiger charge is -2.29. The summed E-state index contributed by atoms with van der Waals surface area (Å²) in [6.07, 6.45) is 3.83. The van der Waals surface area contributed by atoms with E-state index in [4.69, 9.17) is 4.74 Å². The number of morpholine rings is 1. The Labute approximate surface area is 241 Å². The molecule has 5 rings (SSSR count). The number of carbonyl (C=O) groups is 2. The van der Waals surface area contributed by atoms with Gasteiger partial charge in [-0.1, -0.05) is 12.1 Å². The van der Waals surface area contributed by atoms with Crippen LogP contribution in [0.25, 0.3) is 11.1 Å². The van der Waals surface area contributed by atoms with Crippen molar-refractivity contribution in [1.29, 1.82) is 5.26 Å². The molecule has 2 aliphatic rings. The van der Waals surface area contributed by atoms with Gasteiger partial charge in [-0.3, -0.25) is 14.6 Å². The summed E-state index contributed by atoms with van der Waals surface area (Å²) in [7, 11) is 2.13. The Hall–Kier alpha value is -4.26. The SMILES string of the molecule is Cc1ncc(NC(=O)c2cc(C#N)cc(N3CCOCC3)c2)cc1-c1ccc(C(=O)NCC2CCN(C)CC2)cc1. The van der Waals surface area contributed by atoms with Crippen molar-refractivity contribution in [3.8, 4) is 17.2 Å². The molecular formula is C32H36N6O3. The summed E-state index contributed by atoms with van der Waals surface area (Å²) < 4.78 is 5.43. The fraction of sp³-hybridized carbons (Fsp3) is 0.375. The number of piperidine rings is 1. The number of amides is 2. The molecule has 1 aromatic heterocycles. The Balaban J connectivity index is 1.26. The van der Waals surface area contributed by atoms with E-state index in [1.807, 2.05) is 37.3 Å². The predicted molar refractivity (Wildman–Crippen MR) is 159 cm³/mol. The molecule has 9 nitrogen and oxygen atoms in total.